The molecule has 6 heteroatoms. The Kier molecular flexibility index (Phi) is 6.57. The highest BCUT2D eigenvalue weighted by Gasteiger charge is 2.21. The fraction of sp³-hybridized carbons (Fsp3) is 0.818. The molecular weight excluding hydrogens is 222 g/mol. The lowest BCUT2D eigenvalue weighted by Gasteiger charge is -2.22. The van der Waals surface area contributed by atoms with Gasteiger partial charge >= 0.3 is 12.0 Å². The number of hydrogen-bond donors (Lipinski definition) is 3. The zero-order chi connectivity index (χ0) is 13.6. The first-order valence-electron chi connectivity index (χ1n) is 5.68. The number of carbonyl (C=O) groups is 2. The topological polar surface area (TPSA) is 81.7 Å². The van der Waals surface area contributed by atoms with Gasteiger partial charge in [0.25, 0.3) is 0 Å². The largest absolute Gasteiger partial charge is 0.481 e. The summed E-state index contributed by atoms with van der Waals surface area (Å²) in [4.78, 5) is 24.2. The van der Waals surface area contributed by atoms with Gasteiger partial charge in [-0.2, -0.15) is 0 Å². The third-order valence-electron chi connectivity index (χ3n) is 2.51. The van der Waals surface area contributed by atoms with Crippen molar-refractivity contribution >= 4 is 12.0 Å². The molecule has 0 aromatic heterocycles. The molecule has 0 spiro atoms. The van der Waals surface area contributed by atoms with Gasteiger partial charge in [0, 0.05) is 18.6 Å². The highest BCUT2D eigenvalue weighted by Crippen LogP contribution is 2.01. The van der Waals surface area contributed by atoms with Gasteiger partial charge in [0.05, 0.1) is 5.92 Å². The van der Waals surface area contributed by atoms with Gasteiger partial charge < -0.3 is 20.6 Å². The molecule has 3 N–H and O–H groups in total. The minimum Gasteiger partial charge on any atom is -0.481 e. The van der Waals surface area contributed by atoms with Crippen LogP contribution in [0.15, 0.2) is 0 Å². The zero-order valence-electron chi connectivity index (χ0n) is 11.2. The Balaban J connectivity index is 4.05. The fourth-order valence-corrected chi connectivity index (χ4v) is 1.40. The second kappa shape index (κ2) is 7.11. The predicted octanol–water partition coefficient (Wildman–Crippen LogP) is 0.345. The number of likely N-dealkylation sites (N-methyl/N-ethyl adjacent to an activating group) is 1. The average Bonchev–Trinajstić information content (AvgIpc) is 2.13. The number of amides is 2. The van der Waals surface area contributed by atoms with Crippen LogP contribution in [0.5, 0.6) is 0 Å². The van der Waals surface area contributed by atoms with E-state index in [1.165, 1.54) is 0 Å². The molecule has 0 aliphatic carbocycles. The lowest BCUT2D eigenvalue weighted by Crippen LogP contribution is -2.49. The van der Waals surface area contributed by atoms with Crippen LogP contribution in [-0.2, 0) is 4.79 Å². The van der Waals surface area contributed by atoms with Gasteiger partial charge in [0.1, 0.15) is 0 Å². The maximum absolute atomic E-state index is 11.5. The summed E-state index contributed by atoms with van der Waals surface area (Å²) in [6, 6.07) is -0.726. The number of carboxylic acid groups (broad SMARTS) is 1. The highest BCUT2D eigenvalue weighted by atomic mass is 16.4. The summed E-state index contributed by atoms with van der Waals surface area (Å²) < 4.78 is 0. The minimum absolute atomic E-state index is 0.0114. The van der Waals surface area contributed by atoms with E-state index in [4.69, 9.17) is 5.11 Å². The standard InChI is InChI=1S/C11H23N3O3/c1-7(6-14(4)5)12-11(17)13-9(3)8(2)10(15)16/h7-9H,6H2,1-5H3,(H,15,16)(H2,12,13,17). The molecule has 0 heterocycles. The van der Waals surface area contributed by atoms with Crippen molar-refractivity contribution in [1.29, 1.82) is 0 Å². The molecule has 0 saturated carbocycles. The number of nitrogens with one attached hydrogen (secondary N) is 2. The number of carboxylic acids is 1. The summed E-state index contributed by atoms with van der Waals surface area (Å²) in [7, 11) is 3.84. The molecule has 0 aliphatic rings. The molecular formula is C11H23N3O3. The van der Waals surface area contributed by atoms with Crippen molar-refractivity contribution in [2.75, 3.05) is 20.6 Å². The Labute approximate surface area is 102 Å². The highest BCUT2D eigenvalue weighted by molar-refractivity contribution is 5.76. The summed E-state index contributed by atoms with van der Waals surface area (Å²) in [6.45, 7) is 5.87. The molecule has 2 amide bonds. The summed E-state index contributed by atoms with van der Waals surface area (Å²) in [5, 5.41) is 14.2. The van der Waals surface area contributed by atoms with Gasteiger partial charge in [-0.25, -0.2) is 4.79 Å². The SMILES string of the molecule is CC(CN(C)C)NC(=O)NC(C)C(C)C(=O)O. The smallest absolute Gasteiger partial charge is 0.315 e. The number of urea groups is 1. The molecule has 17 heavy (non-hydrogen) atoms. The van der Waals surface area contributed by atoms with Crippen molar-refractivity contribution in [3.05, 3.63) is 0 Å². The molecule has 0 aromatic rings. The normalized spacial score (nSPS) is 16.1. The van der Waals surface area contributed by atoms with Crippen LogP contribution >= 0.6 is 0 Å². The van der Waals surface area contributed by atoms with E-state index >= 15 is 0 Å². The molecule has 3 unspecified atom stereocenters. The number of nitrogens with zero attached hydrogens (tertiary/aromatic N) is 1. The number of aliphatic carboxylic acids is 1. The Bertz CT molecular complexity index is 269. The first-order chi connectivity index (χ1) is 7.73. The van der Waals surface area contributed by atoms with E-state index in [1.807, 2.05) is 25.9 Å². The molecule has 0 rings (SSSR count). The number of carbonyl (C=O) groups excluding carboxylic acids is 1. The Hall–Kier alpha value is -1.30. The summed E-state index contributed by atoms with van der Waals surface area (Å²) >= 11 is 0. The van der Waals surface area contributed by atoms with Gasteiger partial charge in [-0.1, -0.05) is 0 Å². The summed E-state index contributed by atoms with van der Waals surface area (Å²) in [6.07, 6.45) is 0. The summed E-state index contributed by atoms with van der Waals surface area (Å²) in [5.41, 5.74) is 0. The van der Waals surface area contributed by atoms with Crippen LogP contribution in [0.1, 0.15) is 20.8 Å². The molecule has 100 valence electrons. The van der Waals surface area contributed by atoms with Crippen molar-refractivity contribution in [3.8, 4) is 0 Å². The molecule has 0 bridgehead atoms. The van der Waals surface area contributed by atoms with E-state index in [0.717, 1.165) is 6.54 Å². The van der Waals surface area contributed by atoms with E-state index in [9.17, 15) is 9.59 Å². The van der Waals surface area contributed by atoms with Crippen molar-refractivity contribution < 1.29 is 14.7 Å². The lowest BCUT2D eigenvalue weighted by atomic mass is 10.0. The number of hydrogen-bond acceptors (Lipinski definition) is 3. The second-order valence-electron chi connectivity index (χ2n) is 4.70. The Morgan fingerprint density at radius 2 is 1.71 bits per heavy atom. The van der Waals surface area contributed by atoms with Crippen molar-refractivity contribution in [3.63, 3.8) is 0 Å². The maximum Gasteiger partial charge on any atom is 0.315 e. The van der Waals surface area contributed by atoms with Crippen LogP contribution in [-0.4, -0.2) is 54.7 Å². The van der Waals surface area contributed by atoms with E-state index in [1.54, 1.807) is 13.8 Å². The molecule has 6 nitrogen and oxygen atoms in total. The van der Waals surface area contributed by atoms with Crippen LogP contribution in [0.25, 0.3) is 0 Å². The van der Waals surface area contributed by atoms with Gasteiger partial charge in [-0.05, 0) is 34.9 Å². The van der Waals surface area contributed by atoms with E-state index in [-0.39, 0.29) is 12.1 Å². The first kappa shape index (κ1) is 15.7. The molecule has 3 atom stereocenters. The van der Waals surface area contributed by atoms with Crippen LogP contribution in [0.4, 0.5) is 4.79 Å². The van der Waals surface area contributed by atoms with Crippen LogP contribution in [0, 0.1) is 5.92 Å². The zero-order valence-corrected chi connectivity index (χ0v) is 11.2. The predicted molar refractivity (Wildman–Crippen MR) is 65.9 cm³/mol. The van der Waals surface area contributed by atoms with Crippen LogP contribution in [0.2, 0.25) is 0 Å². The van der Waals surface area contributed by atoms with Crippen molar-refractivity contribution in [2.24, 2.45) is 5.92 Å². The third-order valence-corrected chi connectivity index (χ3v) is 2.51. The third kappa shape index (κ3) is 6.78. The first-order valence-corrected chi connectivity index (χ1v) is 5.68. The van der Waals surface area contributed by atoms with Crippen LogP contribution in [0.3, 0.4) is 0 Å². The average molecular weight is 245 g/mol. The molecule has 0 aromatic carbocycles. The molecule has 0 radical (unpaired) electrons. The lowest BCUT2D eigenvalue weighted by molar-refractivity contribution is -0.141. The van der Waals surface area contributed by atoms with Gasteiger partial charge in [0.2, 0.25) is 0 Å². The van der Waals surface area contributed by atoms with Gasteiger partial charge in [-0.3, -0.25) is 4.79 Å². The minimum atomic E-state index is -0.917. The van der Waals surface area contributed by atoms with Crippen LogP contribution < -0.4 is 10.6 Å². The van der Waals surface area contributed by atoms with E-state index in [2.05, 4.69) is 10.6 Å². The quantitative estimate of drug-likeness (QED) is 0.630. The van der Waals surface area contributed by atoms with E-state index < -0.39 is 17.9 Å². The number of rotatable bonds is 6. The monoisotopic (exact) mass is 245 g/mol. The Morgan fingerprint density at radius 1 is 1.18 bits per heavy atom. The molecule has 0 fully saturated rings. The summed E-state index contributed by atoms with van der Waals surface area (Å²) in [5.74, 6) is -1.52. The molecule has 0 saturated heterocycles. The Morgan fingerprint density at radius 3 is 2.12 bits per heavy atom. The molecule has 0 aliphatic heterocycles. The van der Waals surface area contributed by atoms with E-state index in [0.29, 0.717) is 0 Å². The van der Waals surface area contributed by atoms with Crippen molar-refractivity contribution in [2.45, 2.75) is 32.9 Å². The maximum atomic E-state index is 11.5. The van der Waals surface area contributed by atoms with Gasteiger partial charge in [-0.15, -0.1) is 0 Å². The fourth-order valence-electron chi connectivity index (χ4n) is 1.40. The second-order valence-corrected chi connectivity index (χ2v) is 4.70. The van der Waals surface area contributed by atoms with Gasteiger partial charge in [0.15, 0.2) is 0 Å². The van der Waals surface area contributed by atoms with Crippen molar-refractivity contribution in [1.82, 2.24) is 15.5 Å².